The van der Waals surface area contributed by atoms with E-state index < -0.39 is 0 Å². The van der Waals surface area contributed by atoms with Gasteiger partial charge in [-0.1, -0.05) is 24.3 Å². The topological polar surface area (TPSA) is 61.0 Å². The van der Waals surface area contributed by atoms with Crippen LogP contribution in [0.25, 0.3) is 10.9 Å². The van der Waals surface area contributed by atoms with Crippen molar-refractivity contribution in [2.75, 3.05) is 0 Å². The zero-order chi connectivity index (χ0) is 13.9. The molecule has 4 nitrogen and oxygen atoms in total. The van der Waals surface area contributed by atoms with Crippen molar-refractivity contribution >= 4 is 10.9 Å². The van der Waals surface area contributed by atoms with E-state index in [-0.39, 0.29) is 0 Å². The van der Waals surface area contributed by atoms with Gasteiger partial charge in [-0.2, -0.15) is 0 Å². The minimum Gasteiger partial charge on any atom is -0.438 e. The van der Waals surface area contributed by atoms with Crippen molar-refractivity contribution in [2.24, 2.45) is 5.73 Å². The Morgan fingerprint density at radius 1 is 1.10 bits per heavy atom. The molecule has 1 aromatic heterocycles. The Bertz CT molecular complexity index is 750. The molecule has 1 heterocycles. The number of aryl methyl sites for hydroxylation is 1. The lowest BCUT2D eigenvalue weighted by Gasteiger charge is -2.10. The predicted octanol–water partition coefficient (Wildman–Crippen LogP) is 3.19. The van der Waals surface area contributed by atoms with E-state index >= 15 is 0 Å². The molecule has 0 fully saturated rings. The molecule has 0 aliphatic carbocycles. The zero-order valence-corrected chi connectivity index (χ0v) is 11.2. The number of ether oxygens (including phenoxy) is 1. The molecule has 2 N–H and O–H groups in total. The fraction of sp³-hybridized carbons (Fsp3) is 0.125. The Morgan fingerprint density at radius 3 is 2.80 bits per heavy atom. The van der Waals surface area contributed by atoms with Gasteiger partial charge in [0.1, 0.15) is 12.1 Å². The summed E-state index contributed by atoms with van der Waals surface area (Å²) < 4.78 is 5.96. The van der Waals surface area contributed by atoms with Crippen molar-refractivity contribution in [1.29, 1.82) is 0 Å². The molecule has 0 bridgehead atoms. The van der Waals surface area contributed by atoms with E-state index in [0.717, 1.165) is 27.8 Å². The first-order valence-electron chi connectivity index (χ1n) is 6.45. The Morgan fingerprint density at radius 2 is 1.95 bits per heavy atom. The quantitative estimate of drug-likeness (QED) is 0.790. The number of hydrogen-bond acceptors (Lipinski definition) is 4. The molecule has 0 saturated heterocycles. The highest BCUT2D eigenvalue weighted by atomic mass is 16.5. The van der Waals surface area contributed by atoms with Gasteiger partial charge in [0.15, 0.2) is 0 Å². The van der Waals surface area contributed by atoms with Crippen molar-refractivity contribution in [3.8, 4) is 11.6 Å². The summed E-state index contributed by atoms with van der Waals surface area (Å²) in [5.41, 5.74) is 8.62. The summed E-state index contributed by atoms with van der Waals surface area (Å²) in [4.78, 5) is 8.46. The molecule has 0 aliphatic heterocycles. The van der Waals surface area contributed by atoms with E-state index in [1.807, 2.05) is 49.4 Å². The van der Waals surface area contributed by atoms with Gasteiger partial charge < -0.3 is 10.5 Å². The molecule has 0 aliphatic rings. The van der Waals surface area contributed by atoms with E-state index in [2.05, 4.69) is 9.97 Å². The number of aromatic nitrogens is 2. The summed E-state index contributed by atoms with van der Waals surface area (Å²) in [6.45, 7) is 2.49. The van der Waals surface area contributed by atoms with Crippen LogP contribution < -0.4 is 10.5 Å². The lowest BCUT2D eigenvalue weighted by atomic mass is 10.1. The summed E-state index contributed by atoms with van der Waals surface area (Å²) in [7, 11) is 0. The van der Waals surface area contributed by atoms with Gasteiger partial charge in [-0.25, -0.2) is 9.97 Å². The van der Waals surface area contributed by atoms with Crippen LogP contribution in [0.1, 0.15) is 11.1 Å². The lowest BCUT2D eigenvalue weighted by molar-refractivity contribution is 0.464. The van der Waals surface area contributed by atoms with Crippen molar-refractivity contribution in [3.63, 3.8) is 0 Å². The monoisotopic (exact) mass is 265 g/mol. The number of para-hydroxylation sites is 1. The van der Waals surface area contributed by atoms with Gasteiger partial charge in [-0.15, -0.1) is 0 Å². The summed E-state index contributed by atoms with van der Waals surface area (Å²) in [5, 5.41) is 0.896. The summed E-state index contributed by atoms with van der Waals surface area (Å²) >= 11 is 0. The highest BCUT2D eigenvalue weighted by molar-refractivity contribution is 5.83. The van der Waals surface area contributed by atoms with E-state index in [0.29, 0.717) is 12.4 Å². The smallest absolute Gasteiger partial charge is 0.230 e. The van der Waals surface area contributed by atoms with Crippen LogP contribution in [0.2, 0.25) is 0 Å². The van der Waals surface area contributed by atoms with E-state index in [1.54, 1.807) is 0 Å². The number of nitrogens with two attached hydrogens (primary N) is 1. The molecule has 0 spiro atoms. The van der Waals surface area contributed by atoms with Gasteiger partial charge in [0.25, 0.3) is 0 Å². The molecule has 0 saturated carbocycles. The van der Waals surface area contributed by atoms with Crippen LogP contribution in [-0.4, -0.2) is 9.97 Å². The second-order valence-electron chi connectivity index (χ2n) is 4.60. The number of benzene rings is 2. The van der Waals surface area contributed by atoms with E-state index in [1.165, 1.54) is 6.33 Å². The van der Waals surface area contributed by atoms with Crippen molar-refractivity contribution in [1.82, 2.24) is 9.97 Å². The normalized spacial score (nSPS) is 10.7. The number of rotatable bonds is 3. The third-order valence-electron chi connectivity index (χ3n) is 3.20. The fourth-order valence-corrected chi connectivity index (χ4v) is 2.05. The first-order chi connectivity index (χ1) is 9.78. The van der Waals surface area contributed by atoms with Crippen LogP contribution >= 0.6 is 0 Å². The summed E-state index contributed by atoms with van der Waals surface area (Å²) in [6.07, 6.45) is 1.51. The summed E-state index contributed by atoms with van der Waals surface area (Å²) in [5.74, 6) is 1.34. The Balaban J connectivity index is 2.05. The van der Waals surface area contributed by atoms with E-state index in [9.17, 15) is 0 Å². The molecular formula is C16H15N3O. The molecule has 20 heavy (non-hydrogen) atoms. The minimum atomic E-state index is 0.487. The molecule has 0 atom stereocenters. The summed E-state index contributed by atoms with van der Waals surface area (Å²) in [6, 6.07) is 13.7. The van der Waals surface area contributed by atoms with Crippen LogP contribution in [0.4, 0.5) is 0 Å². The first-order valence-corrected chi connectivity index (χ1v) is 6.45. The van der Waals surface area contributed by atoms with Gasteiger partial charge in [-0.05, 0) is 36.2 Å². The third kappa shape index (κ3) is 2.33. The molecule has 4 heteroatoms. The molecule has 0 radical (unpaired) electrons. The van der Waals surface area contributed by atoms with Gasteiger partial charge in [0.05, 0.1) is 10.9 Å². The average Bonchev–Trinajstić information content (AvgIpc) is 2.50. The van der Waals surface area contributed by atoms with Gasteiger partial charge in [-0.3, -0.25) is 0 Å². The molecule has 3 rings (SSSR count). The van der Waals surface area contributed by atoms with Crippen molar-refractivity contribution in [2.45, 2.75) is 13.5 Å². The van der Waals surface area contributed by atoms with Crippen molar-refractivity contribution < 1.29 is 4.74 Å². The highest BCUT2D eigenvalue weighted by Gasteiger charge is 2.08. The standard InChI is InChI=1S/C16H15N3O/c1-11-6-7-12(9-17)8-15(11)20-16-13-4-2-3-5-14(13)18-10-19-16/h2-8,10H,9,17H2,1H3. The number of fused-ring (bicyclic) bond motifs is 1. The predicted molar refractivity (Wildman–Crippen MR) is 78.7 cm³/mol. The maximum Gasteiger partial charge on any atom is 0.230 e. The lowest BCUT2D eigenvalue weighted by Crippen LogP contribution is -1.98. The van der Waals surface area contributed by atoms with Crippen LogP contribution in [0.5, 0.6) is 11.6 Å². The molecular weight excluding hydrogens is 250 g/mol. The highest BCUT2D eigenvalue weighted by Crippen LogP contribution is 2.29. The first kappa shape index (κ1) is 12.6. The van der Waals surface area contributed by atoms with Crippen LogP contribution in [0.3, 0.4) is 0 Å². The maximum atomic E-state index is 5.96. The average molecular weight is 265 g/mol. The fourth-order valence-electron chi connectivity index (χ4n) is 2.05. The zero-order valence-electron chi connectivity index (χ0n) is 11.2. The van der Waals surface area contributed by atoms with Gasteiger partial charge in [0.2, 0.25) is 5.88 Å². The maximum absolute atomic E-state index is 5.96. The molecule has 3 aromatic rings. The van der Waals surface area contributed by atoms with Crippen LogP contribution in [0, 0.1) is 6.92 Å². The minimum absolute atomic E-state index is 0.487. The van der Waals surface area contributed by atoms with Crippen LogP contribution in [-0.2, 0) is 6.54 Å². The molecule has 100 valence electrons. The van der Waals surface area contributed by atoms with Crippen LogP contribution in [0.15, 0.2) is 48.8 Å². The molecule has 0 amide bonds. The Hall–Kier alpha value is -2.46. The number of hydrogen-bond donors (Lipinski definition) is 1. The number of nitrogens with zero attached hydrogens (tertiary/aromatic N) is 2. The Kier molecular flexibility index (Phi) is 3.31. The SMILES string of the molecule is Cc1ccc(CN)cc1Oc1ncnc2ccccc12. The third-order valence-corrected chi connectivity index (χ3v) is 3.20. The molecule has 2 aromatic carbocycles. The van der Waals surface area contributed by atoms with E-state index in [4.69, 9.17) is 10.5 Å². The second-order valence-corrected chi connectivity index (χ2v) is 4.60. The largest absolute Gasteiger partial charge is 0.438 e. The van der Waals surface area contributed by atoms with Gasteiger partial charge in [0, 0.05) is 6.54 Å². The second kappa shape index (κ2) is 5.27. The van der Waals surface area contributed by atoms with Crippen molar-refractivity contribution in [3.05, 3.63) is 59.9 Å². The molecule has 0 unspecified atom stereocenters. The Labute approximate surface area is 117 Å². The van der Waals surface area contributed by atoms with Gasteiger partial charge >= 0.3 is 0 Å².